The minimum atomic E-state index is -2.74. The molecule has 5 N–H and O–H groups in total. The maximum Gasteiger partial charge on any atom is 0.336 e. The zero-order chi connectivity index (χ0) is 26.3. The van der Waals surface area contributed by atoms with Crippen molar-refractivity contribution in [2.45, 2.75) is 68.7 Å². The third kappa shape index (κ3) is 7.03. The molecular formula is C26H37NO9. The van der Waals surface area contributed by atoms with Gasteiger partial charge in [0.25, 0.3) is 0 Å². The van der Waals surface area contributed by atoms with Gasteiger partial charge in [0.2, 0.25) is 0 Å². The third-order valence-corrected chi connectivity index (χ3v) is 7.70. The van der Waals surface area contributed by atoms with E-state index in [2.05, 4.69) is 17.0 Å². The Hall–Kier alpha value is -2.53. The first-order valence-electron chi connectivity index (χ1n) is 12.5. The first-order chi connectivity index (χ1) is 17.0. The molecule has 2 bridgehead atoms. The van der Waals surface area contributed by atoms with Crippen LogP contribution in [0.25, 0.3) is 0 Å². The van der Waals surface area contributed by atoms with Crippen molar-refractivity contribution in [1.29, 1.82) is 0 Å². The highest BCUT2D eigenvalue weighted by molar-refractivity contribution is 5.88. The van der Waals surface area contributed by atoms with Crippen molar-refractivity contribution in [2.75, 3.05) is 26.2 Å². The van der Waals surface area contributed by atoms with Crippen molar-refractivity contribution in [1.82, 2.24) is 4.90 Å². The third-order valence-electron chi connectivity index (χ3n) is 7.70. The van der Waals surface area contributed by atoms with Gasteiger partial charge in [-0.25, -0.2) is 4.79 Å². The molecular weight excluding hydrogens is 470 g/mol. The van der Waals surface area contributed by atoms with Gasteiger partial charge >= 0.3 is 17.9 Å². The van der Waals surface area contributed by atoms with Crippen LogP contribution in [-0.2, 0) is 24.7 Å². The lowest BCUT2D eigenvalue weighted by Gasteiger charge is -2.46. The molecule has 200 valence electrons. The molecule has 0 unspecified atom stereocenters. The van der Waals surface area contributed by atoms with Crippen LogP contribution in [0.2, 0.25) is 0 Å². The van der Waals surface area contributed by atoms with Gasteiger partial charge in [-0.3, -0.25) is 9.59 Å². The first-order valence-corrected chi connectivity index (χ1v) is 12.5. The summed E-state index contributed by atoms with van der Waals surface area (Å²) in [6.45, 7) is 3.98. The molecule has 0 amide bonds. The van der Waals surface area contributed by atoms with Gasteiger partial charge < -0.3 is 35.2 Å². The normalized spacial score (nSPS) is 25.4. The van der Waals surface area contributed by atoms with E-state index in [1.165, 1.54) is 38.8 Å². The average Bonchev–Trinajstić information content (AvgIpc) is 3.39. The quantitative estimate of drug-likeness (QED) is 0.316. The molecule has 1 aromatic carbocycles. The van der Waals surface area contributed by atoms with Gasteiger partial charge in [0.05, 0.1) is 25.6 Å². The van der Waals surface area contributed by atoms with Crippen LogP contribution < -0.4 is 0 Å². The van der Waals surface area contributed by atoms with Gasteiger partial charge in [-0.05, 0) is 56.2 Å². The molecule has 1 aliphatic carbocycles. The van der Waals surface area contributed by atoms with E-state index in [4.69, 9.17) is 25.2 Å². The molecule has 0 aromatic heterocycles. The summed E-state index contributed by atoms with van der Waals surface area (Å²) in [6.07, 6.45) is 5.26. The minimum absolute atomic E-state index is 0.314. The molecule has 3 heterocycles. The predicted octanol–water partition coefficient (Wildman–Crippen LogP) is 1.93. The van der Waals surface area contributed by atoms with E-state index in [-0.39, 0.29) is 0 Å². The van der Waals surface area contributed by atoms with Crippen molar-refractivity contribution < 1.29 is 44.7 Å². The number of piperidine rings is 3. The van der Waals surface area contributed by atoms with E-state index in [0.29, 0.717) is 24.5 Å². The molecule has 10 nitrogen and oxygen atoms in total. The summed E-state index contributed by atoms with van der Waals surface area (Å²) in [5.41, 5.74) is -2.52. The maximum atomic E-state index is 11.5. The summed E-state index contributed by atoms with van der Waals surface area (Å²) in [4.78, 5) is 33.0. The summed E-state index contributed by atoms with van der Waals surface area (Å²) in [5, 5.41) is 45.4. The Bertz CT molecular complexity index is 878. The van der Waals surface area contributed by atoms with Gasteiger partial charge in [-0.1, -0.05) is 43.2 Å². The van der Waals surface area contributed by atoms with Gasteiger partial charge in [0.15, 0.2) is 5.60 Å². The number of hydrogen-bond donors (Lipinski definition) is 5. The topological polar surface area (TPSA) is 165 Å². The second-order valence-electron chi connectivity index (χ2n) is 10.2. The summed E-state index contributed by atoms with van der Waals surface area (Å²) in [7, 11) is 0. The molecule has 0 spiro atoms. The SMILES string of the molecule is O=C(O)CC(O)(CC(=O)O)C(=O)O.O[C@@](CO[C@H]1CN2CCC1CC2)(c1ccccc1)C1CCCC1. The van der Waals surface area contributed by atoms with Gasteiger partial charge in [0, 0.05) is 6.54 Å². The number of hydrogen-bond acceptors (Lipinski definition) is 7. The lowest BCUT2D eigenvalue weighted by Crippen LogP contribution is -2.53. The molecule has 4 fully saturated rings. The highest BCUT2D eigenvalue weighted by Crippen LogP contribution is 2.41. The minimum Gasteiger partial charge on any atom is -0.481 e. The van der Waals surface area contributed by atoms with Crippen LogP contribution in [0.5, 0.6) is 0 Å². The molecule has 5 rings (SSSR count). The Kier molecular flexibility index (Phi) is 9.46. The second kappa shape index (κ2) is 12.1. The fourth-order valence-corrected chi connectivity index (χ4v) is 5.61. The number of carbonyl (C=O) groups is 3. The Balaban J connectivity index is 0.000000240. The zero-order valence-electron chi connectivity index (χ0n) is 20.4. The molecule has 4 aliphatic rings. The fraction of sp³-hybridized carbons (Fsp3) is 0.654. The van der Waals surface area contributed by atoms with Gasteiger partial charge in [-0.2, -0.15) is 0 Å². The number of aliphatic hydroxyl groups is 2. The van der Waals surface area contributed by atoms with Crippen LogP contribution in [0.1, 0.15) is 56.9 Å². The molecule has 1 saturated carbocycles. The monoisotopic (exact) mass is 507 g/mol. The van der Waals surface area contributed by atoms with E-state index in [0.717, 1.165) is 24.9 Å². The Labute approximate surface area is 210 Å². The summed E-state index contributed by atoms with van der Waals surface area (Å²) >= 11 is 0. The molecule has 1 aromatic rings. The number of carboxylic acids is 3. The van der Waals surface area contributed by atoms with Crippen LogP contribution in [0.4, 0.5) is 0 Å². The van der Waals surface area contributed by atoms with Crippen LogP contribution in [-0.4, -0.2) is 86.3 Å². The number of fused-ring (bicyclic) bond motifs is 3. The fourth-order valence-electron chi connectivity index (χ4n) is 5.61. The van der Waals surface area contributed by atoms with Crippen LogP contribution >= 0.6 is 0 Å². The highest BCUT2D eigenvalue weighted by Gasteiger charge is 2.43. The lowest BCUT2D eigenvalue weighted by molar-refractivity contribution is -0.170. The van der Waals surface area contributed by atoms with E-state index >= 15 is 0 Å². The standard InChI is InChI=1S/C20H29NO2.C6H8O7/c22-20(18-8-4-5-9-18,17-6-2-1-3-7-17)15-23-19-14-21-12-10-16(19)11-13-21;7-3(8)1-6(13,5(11)12)2-4(9)10/h1-3,6-7,16,18-19,22H,4-5,8-15H2;13H,1-2H2,(H,7,8)(H,9,10)(H,11,12)/t19-,20-;/m0./s1. The number of carboxylic acid groups (broad SMARTS) is 3. The summed E-state index contributed by atoms with van der Waals surface area (Å²) in [5.74, 6) is -3.98. The molecule has 10 heteroatoms. The maximum absolute atomic E-state index is 11.5. The molecule has 3 saturated heterocycles. The Morgan fingerprint density at radius 3 is 1.89 bits per heavy atom. The number of benzene rings is 1. The molecule has 0 radical (unpaired) electrons. The van der Waals surface area contributed by atoms with E-state index < -0.39 is 42.0 Å². The van der Waals surface area contributed by atoms with E-state index in [9.17, 15) is 19.5 Å². The Morgan fingerprint density at radius 1 is 0.889 bits per heavy atom. The summed E-state index contributed by atoms with van der Waals surface area (Å²) in [6, 6.07) is 10.2. The average molecular weight is 508 g/mol. The number of rotatable bonds is 10. The van der Waals surface area contributed by atoms with E-state index in [1.54, 1.807) is 0 Å². The highest BCUT2D eigenvalue weighted by atomic mass is 16.5. The van der Waals surface area contributed by atoms with Gasteiger partial charge in [0.1, 0.15) is 5.60 Å². The van der Waals surface area contributed by atoms with Crippen LogP contribution in [0.15, 0.2) is 30.3 Å². The smallest absolute Gasteiger partial charge is 0.336 e. The van der Waals surface area contributed by atoms with Crippen molar-refractivity contribution in [3.63, 3.8) is 0 Å². The van der Waals surface area contributed by atoms with E-state index in [1.807, 2.05) is 18.2 Å². The zero-order valence-corrected chi connectivity index (χ0v) is 20.4. The second-order valence-corrected chi connectivity index (χ2v) is 10.2. The molecule has 36 heavy (non-hydrogen) atoms. The van der Waals surface area contributed by atoms with Gasteiger partial charge in [-0.15, -0.1) is 0 Å². The Morgan fingerprint density at radius 2 is 1.44 bits per heavy atom. The van der Waals surface area contributed by atoms with Crippen molar-refractivity contribution in [3.05, 3.63) is 35.9 Å². The predicted molar refractivity (Wildman–Crippen MR) is 128 cm³/mol. The summed E-state index contributed by atoms with van der Waals surface area (Å²) < 4.78 is 6.36. The number of aliphatic carboxylic acids is 3. The number of ether oxygens (including phenoxy) is 1. The largest absolute Gasteiger partial charge is 0.481 e. The number of nitrogens with zero attached hydrogens (tertiary/aromatic N) is 1. The lowest BCUT2D eigenvalue weighted by atomic mass is 9.80. The molecule has 2 atom stereocenters. The van der Waals surface area contributed by atoms with Crippen molar-refractivity contribution in [2.24, 2.45) is 11.8 Å². The first kappa shape index (κ1) is 28.0. The van der Waals surface area contributed by atoms with Crippen molar-refractivity contribution in [3.8, 4) is 0 Å². The van der Waals surface area contributed by atoms with Crippen LogP contribution in [0, 0.1) is 11.8 Å². The van der Waals surface area contributed by atoms with Crippen LogP contribution in [0.3, 0.4) is 0 Å². The molecule has 3 aliphatic heterocycles. The van der Waals surface area contributed by atoms with Crippen molar-refractivity contribution >= 4 is 17.9 Å².